The molecule has 2 saturated heterocycles. The van der Waals surface area contributed by atoms with Crippen LogP contribution in [0.1, 0.15) is 20.8 Å². The van der Waals surface area contributed by atoms with Gasteiger partial charge < -0.3 is 25.6 Å². The summed E-state index contributed by atoms with van der Waals surface area (Å²) >= 11 is 0. The van der Waals surface area contributed by atoms with Gasteiger partial charge in [-0.3, -0.25) is 9.80 Å². The summed E-state index contributed by atoms with van der Waals surface area (Å²) < 4.78 is 5.41. The maximum Gasteiger partial charge on any atom is 0.410 e. The second-order valence-electron chi connectivity index (χ2n) is 8.62. The number of rotatable bonds is 5. The van der Waals surface area contributed by atoms with E-state index in [1.807, 2.05) is 26.8 Å². The molecule has 1 aromatic rings. The Morgan fingerprint density at radius 1 is 1.13 bits per heavy atom. The average Bonchev–Trinajstić information content (AvgIpc) is 3.13. The Labute approximate surface area is 182 Å². The highest BCUT2D eigenvalue weighted by Gasteiger charge is 2.25. The van der Waals surface area contributed by atoms with E-state index >= 15 is 0 Å². The lowest BCUT2D eigenvalue weighted by molar-refractivity contribution is 0.0147. The summed E-state index contributed by atoms with van der Waals surface area (Å²) in [7, 11) is 0. The minimum atomic E-state index is -0.494. The fourth-order valence-electron chi connectivity index (χ4n) is 3.45. The Bertz CT molecular complexity index is 801. The molecule has 170 valence electrons. The Kier molecular flexibility index (Phi) is 7.21. The van der Waals surface area contributed by atoms with Crippen molar-refractivity contribution in [2.45, 2.75) is 26.4 Å². The van der Waals surface area contributed by atoms with Gasteiger partial charge in [-0.15, -0.1) is 0 Å². The number of anilines is 2. The Morgan fingerprint density at radius 3 is 2.52 bits per heavy atom. The van der Waals surface area contributed by atoms with Crippen molar-refractivity contribution in [2.24, 2.45) is 0 Å². The molecule has 0 bridgehead atoms. The molecule has 0 aliphatic carbocycles. The lowest BCUT2D eigenvalue weighted by Gasteiger charge is -2.35. The fourth-order valence-corrected chi connectivity index (χ4v) is 3.45. The third-order valence-electron chi connectivity index (χ3n) is 5.01. The van der Waals surface area contributed by atoms with Crippen LogP contribution >= 0.6 is 0 Å². The van der Waals surface area contributed by atoms with E-state index in [1.54, 1.807) is 28.0 Å². The predicted molar refractivity (Wildman–Crippen MR) is 118 cm³/mol. The first-order valence-electron chi connectivity index (χ1n) is 10.6. The van der Waals surface area contributed by atoms with Gasteiger partial charge in [0.1, 0.15) is 5.60 Å². The maximum absolute atomic E-state index is 12.2. The predicted octanol–water partition coefficient (Wildman–Crippen LogP) is 1.89. The summed E-state index contributed by atoms with van der Waals surface area (Å²) in [5, 5.41) is 8.42. The molecule has 1 aromatic carbocycles. The van der Waals surface area contributed by atoms with Crippen LogP contribution in [-0.4, -0.2) is 85.9 Å². The van der Waals surface area contributed by atoms with Crippen molar-refractivity contribution in [3.05, 3.63) is 24.3 Å². The fraction of sp³-hybridized carbons (Fsp3) is 0.571. The van der Waals surface area contributed by atoms with E-state index in [2.05, 4.69) is 20.9 Å². The second-order valence-corrected chi connectivity index (χ2v) is 8.62. The summed E-state index contributed by atoms with van der Waals surface area (Å²) in [6, 6.07) is 6.78. The van der Waals surface area contributed by atoms with Crippen molar-refractivity contribution in [1.82, 2.24) is 20.4 Å². The number of amides is 5. The van der Waals surface area contributed by atoms with Crippen LogP contribution in [0, 0.1) is 0 Å². The number of nitrogens with zero attached hydrogens (tertiary/aromatic N) is 3. The molecule has 0 aromatic heterocycles. The first-order valence-corrected chi connectivity index (χ1v) is 10.6. The number of nitrogens with one attached hydrogen (secondary N) is 3. The lowest BCUT2D eigenvalue weighted by atomic mass is 10.2. The zero-order valence-corrected chi connectivity index (χ0v) is 18.4. The summed E-state index contributed by atoms with van der Waals surface area (Å²) in [5.74, 6) is 0. The zero-order valence-electron chi connectivity index (χ0n) is 18.4. The van der Waals surface area contributed by atoms with Crippen molar-refractivity contribution < 1.29 is 19.1 Å². The van der Waals surface area contributed by atoms with Gasteiger partial charge in [0.05, 0.1) is 0 Å². The normalized spacial score (nSPS) is 17.3. The van der Waals surface area contributed by atoms with Gasteiger partial charge in [0.25, 0.3) is 0 Å². The number of urea groups is 2. The van der Waals surface area contributed by atoms with Gasteiger partial charge in [0.15, 0.2) is 0 Å². The van der Waals surface area contributed by atoms with Gasteiger partial charge >= 0.3 is 18.2 Å². The molecule has 31 heavy (non-hydrogen) atoms. The molecule has 2 aliphatic rings. The molecule has 10 nitrogen and oxygen atoms in total. The van der Waals surface area contributed by atoms with Crippen molar-refractivity contribution in [3.63, 3.8) is 0 Å². The monoisotopic (exact) mass is 432 g/mol. The van der Waals surface area contributed by atoms with Crippen LogP contribution in [0.15, 0.2) is 24.3 Å². The standard InChI is InChI=1S/C21H32N6O4/c1-21(2,3)31-20(30)26-13-11-25(12-14-26)9-7-22-18(28)24-16-5-4-6-17(15-16)27-10-8-23-19(27)29/h4-6,15H,7-14H2,1-3H3,(H,23,29)(H2,22,24,28). The molecular formula is C21H32N6O4. The van der Waals surface area contributed by atoms with Gasteiger partial charge in [-0.1, -0.05) is 6.07 Å². The lowest BCUT2D eigenvalue weighted by Crippen LogP contribution is -2.51. The van der Waals surface area contributed by atoms with Crippen LogP contribution in [0.5, 0.6) is 0 Å². The third kappa shape index (κ3) is 6.74. The van der Waals surface area contributed by atoms with Crippen LogP contribution in [0.4, 0.5) is 25.8 Å². The molecular weight excluding hydrogens is 400 g/mol. The van der Waals surface area contributed by atoms with E-state index in [0.29, 0.717) is 45.0 Å². The van der Waals surface area contributed by atoms with Crippen molar-refractivity contribution in [3.8, 4) is 0 Å². The molecule has 0 spiro atoms. The highest BCUT2D eigenvalue weighted by Crippen LogP contribution is 2.21. The number of hydrogen-bond acceptors (Lipinski definition) is 5. The Morgan fingerprint density at radius 2 is 1.87 bits per heavy atom. The van der Waals surface area contributed by atoms with Crippen LogP contribution in [0.3, 0.4) is 0 Å². The topological polar surface area (TPSA) is 106 Å². The first-order chi connectivity index (χ1) is 14.7. The van der Waals surface area contributed by atoms with Gasteiger partial charge in [-0.25, -0.2) is 14.4 Å². The number of carbonyl (C=O) groups is 3. The number of carbonyl (C=O) groups excluding carboxylic acids is 3. The minimum Gasteiger partial charge on any atom is -0.444 e. The van der Waals surface area contributed by atoms with Gasteiger partial charge in [0, 0.05) is 63.7 Å². The van der Waals surface area contributed by atoms with Crippen molar-refractivity contribution in [2.75, 3.05) is 62.6 Å². The van der Waals surface area contributed by atoms with Crippen molar-refractivity contribution >= 4 is 29.5 Å². The quantitative estimate of drug-likeness (QED) is 0.659. The molecule has 2 fully saturated rings. The largest absolute Gasteiger partial charge is 0.444 e. The summed E-state index contributed by atoms with van der Waals surface area (Å²) in [4.78, 5) is 41.7. The molecule has 0 unspecified atom stereocenters. The molecule has 3 rings (SSSR count). The number of ether oxygens (including phenoxy) is 1. The molecule has 5 amide bonds. The molecule has 0 atom stereocenters. The van der Waals surface area contributed by atoms with Crippen LogP contribution in [0.2, 0.25) is 0 Å². The van der Waals surface area contributed by atoms with E-state index in [-0.39, 0.29) is 18.2 Å². The van der Waals surface area contributed by atoms with E-state index in [4.69, 9.17) is 4.74 Å². The van der Waals surface area contributed by atoms with Gasteiger partial charge in [0.2, 0.25) is 0 Å². The first kappa shape index (κ1) is 22.7. The Balaban J connectivity index is 1.37. The summed E-state index contributed by atoms with van der Waals surface area (Å²) in [6.45, 7) is 10.7. The average molecular weight is 433 g/mol. The van der Waals surface area contributed by atoms with E-state index in [0.717, 1.165) is 18.8 Å². The van der Waals surface area contributed by atoms with Crippen LogP contribution in [0.25, 0.3) is 0 Å². The smallest absolute Gasteiger partial charge is 0.410 e. The number of hydrogen-bond donors (Lipinski definition) is 3. The Hall–Kier alpha value is -3.01. The summed E-state index contributed by atoms with van der Waals surface area (Å²) in [5.41, 5.74) is 0.877. The van der Waals surface area contributed by atoms with E-state index in [9.17, 15) is 14.4 Å². The number of benzene rings is 1. The highest BCUT2D eigenvalue weighted by molar-refractivity contribution is 5.95. The van der Waals surface area contributed by atoms with Crippen molar-refractivity contribution in [1.29, 1.82) is 0 Å². The molecule has 0 saturated carbocycles. The SMILES string of the molecule is CC(C)(C)OC(=O)N1CCN(CCNC(=O)Nc2cccc(N3CCNC3=O)c2)CC1. The molecule has 2 aliphatic heterocycles. The zero-order chi connectivity index (χ0) is 22.4. The van der Waals surface area contributed by atoms with Gasteiger partial charge in [-0.2, -0.15) is 0 Å². The molecule has 10 heteroatoms. The maximum atomic E-state index is 12.2. The third-order valence-corrected chi connectivity index (χ3v) is 5.01. The van der Waals surface area contributed by atoms with Gasteiger partial charge in [-0.05, 0) is 39.0 Å². The molecule has 3 N–H and O–H groups in total. The number of piperazine rings is 1. The van der Waals surface area contributed by atoms with Crippen LogP contribution in [-0.2, 0) is 4.74 Å². The van der Waals surface area contributed by atoms with E-state index in [1.165, 1.54) is 0 Å². The van der Waals surface area contributed by atoms with Crippen LogP contribution < -0.4 is 20.9 Å². The molecule has 2 heterocycles. The second kappa shape index (κ2) is 9.86. The summed E-state index contributed by atoms with van der Waals surface area (Å²) in [6.07, 6.45) is -0.279. The van der Waals surface area contributed by atoms with E-state index < -0.39 is 5.60 Å². The molecule has 0 radical (unpaired) electrons. The minimum absolute atomic E-state index is 0.131. The highest BCUT2D eigenvalue weighted by atomic mass is 16.6.